The summed E-state index contributed by atoms with van der Waals surface area (Å²) >= 11 is 1.51. The van der Waals surface area contributed by atoms with Crippen molar-refractivity contribution in [3.8, 4) is 0 Å². The van der Waals surface area contributed by atoms with Crippen molar-refractivity contribution >= 4 is 46.1 Å². The summed E-state index contributed by atoms with van der Waals surface area (Å²) in [5.74, 6) is -1.03. The molecule has 0 saturated carbocycles. The first kappa shape index (κ1) is 26.4. The van der Waals surface area contributed by atoms with Gasteiger partial charge in [-0.2, -0.15) is 0 Å². The number of hydrogen-bond donors (Lipinski definition) is 3. The Balaban J connectivity index is 1.33. The fourth-order valence-electron chi connectivity index (χ4n) is 5.02. The van der Waals surface area contributed by atoms with Crippen LogP contribution in [0, 0.1) is 0 Å². The minimum absolute atomic E-state index is 0.177. The zero-order chi connectivity index (χ0) is 28.2. The lowest BCUT2D eigenvalue weighted by Gasteiger charge is -2.28. The highest BCUT2D eigenvalue weighted by atomic mass is 32.2. The van der Waals surface area contributed by atoms with Gasteiger partial charge < -0.3 is 20.5 Å². The van der Waals surface area contributed by atoms with Crippen LogP contribution < -0.4 is 15.5 Å². The minimum Gasteiger partial charge on any atom is -0.351 e. The Bertz CT molecular complexity index is 1670. The van der Waals surface area contributed by atoms with Gasteiger partial charge in [-0.25, -0.2) is 0 Å². The number of carbonyl (C=O) groups is 3. The van der Waals surface area contributed by atoms with Crippen molar-refractivity contribution in [2.45, 2.75) is 22.7 Å². The minimum atomic E-state index is -0.935. The van der Waals surface area contributed by atoms with Gasteiger partial charge in [-0.15, -0.1) is 11.8 Å². The summed E-state index contributed by atoms with van der Waals surface area (Å²) in [6, 6.07) is 35.3. The van der Waals surface area contributed by atoms with Crippen LogP contribution in [0.4, 0.5) is 5.69 Å². The molecule has 4 aromatic carbocycles. The SMILES string of the molecule is O=C(CN1C(=O)[C@@H](NC(=O)c2cc3ccccc3[nH]2)[C@H](c2ccccc2)Sc2ccccc21)NCc1ccccc1. The lowest BCUT2D eigenvalue weighted by molar-refractivity contribution is -0.124. The first-order valence-electron chi connectivity index (χ1n) is 13.4. The van der Waals surface area contributed by atoms with Gasteiger partial charge in [0, 0.05) is 22.3 Å². The Hall–Kier alpha value is -4.82. The van der Waals surface area contributed by atoms with Crippen molar-refractivity contribution in [3.05, 3.63) is 132 Å². The fourth-order valence-corrected chi connectivity index (χ4v) is 6.36. The maximum absolute atomic E-state index is 14.3. The van der Waals surface area contributed by atoms with Gasteiger partial charge in [0.25, 0.3) is 11.8 Å². The molecule has 7 nitrogen and oxygen atoms in total. The number of hydrogen-bond acceptors (Lipinski definition) is 4. The van der Waals surface area contributed by atoms with Crippen LogP contribution in [0.5, 0.6) is 0 Å². The molecular weight excluding hydrogens is 532 g/mol. The molecule has 0 spiro atoms. The number of aromatic nitrogens is 1. The van der Waals surface area contributed by atoms with Crippen molar-refractivity contribution < 1.29 is 14.4 Å². The van der Waals surface area contributed by atoms with E-state index in [-0.39, 0.29) is 24.3 Å². The standard InChI is InChI=1S/C33H28N4O3S/c38-29(34-20-22-11-3-1-4-12-22)21-37-27-17-9-10-18-28(27)41-31(23-13-5-2-6-14-23)30(33(37)40)36-32(39)26-19-24-15-7-8-16-25(24)35-26/h1-19,30-31,35H,20-21H2,(H,34,38)(H,36,39)/t30-,31-/m0/s1. The third kappa shape index (κ3) is 5.73. The number of para-hydroxylation sites is 2. The third-order valence-corrected chi connectivity index (χ3v) is 8.47. The number of thioether (sulfide) groups is 1. The maximum Gasteiger partial charge on any atom is 0.268 e. The number of amides is 3. The smallest absolute Gasteiger partial charge is 0.268 e. The van der Waals surface area contributed by atoms with Crippen molar-refractivity contribution in [2.24, 2.45) is 0 Å². The van der Waals surface area contributed by atoms with E-state index in [1.165, 1.54) is 16.7 Å². The predicted octanol–water partition coefficient (Wildman–Crippen LogP) is 5.46. The van der Waals surface area contributed by atoms with Gasteiger partial charge in [0.05, 0.1) is 10.9 Å². The molecule has 8 heteroatoms. The summed E-state index contributed by atoms with van der Waals surface area (Å²) in [7, 11) is 0. The van der Waals surface area contributed by atoms with Crippen LogP contribution in [-0.4, -0.2) is 35.3 Å². The molecule has 0 saturated heterocycles. The highest BCUT2D eigenvalue weighted by molar-refractivity contribution is 7.99. The molecule has 204 valence electrons. The summed E-state index contributed by atoms with van der Waals surface area (Å²) < 4.78 is 0. The Kier molecular flexibility index (Phi) is 7.56. The van der Waals surface area contributed by atoms with Gasteiger partial charge in [-0.1, -0.05) is 91.0 Å². The van der Waals surface area contributed by atoms with Crippen molar-refractivity contribution in [2.75, 3.05) is 11.4 Å². The van der Waals surface area contributed by atoms with E-state index in [9.17, 15) is 14.4 Å². The van der Waals surface area contributed by atoms with Crippen LogP contribution in [0.3, 0.4) is 0 Å². The molecule has 2 heterocycles. The summed E-state index contributed by atoms with van der Waals surface area (Å²) in [4.78, 5) is 46.6. The molecule has 0 radical (unpaired) electrons. The second-order valence-electron chi connectivity index (χ2n) is 9.82. The number of benzene rings is 4. The summed E-state index contributed by atoms with van der Waals surface area (Å²) in [6.45, 7) is 0.175. The van der Waals surface area contributed by atoms with Crippen LogP contribution in [0.15, 0.2) is 120 Å². The van der Waals surface area contributed by atoms with E-state index in [1.807, 2.05) is 109 Å². The molecule has 1 aromatic heterocycles. The van der Waals surface area contributed by atoms with E-state index in [0.29, 0.717) is 17.9 Å². The normalized spacial score (nSPS) is 16.6. The van der Waals surface area contributed by atoms with E-state index in [2.05, 4.69) is 15.6 Å². The Labute approximate surface area is 242 Å². The molecule has 0 aliphatic carbocycles. The average Bonchev–Trinajstić information content (AvgIpc) is 3.42. The number of carbonyl (C=O) groups excluding carboxylic acids is 3. The number of fused-ring (bicyclic) bond motifs is 2. The zero-order valence-electron chi connectivity index (χ0n) is 22.1. The summed E-state index contributed by atoms with van der Waals surface area (Å²) in [6.07, 6.45) is 0. The molecule has 0 bridgehead atoms. The second-order valence-corrected chi connectivity index (χ2v) is 11.0. The molecule has 5 aromatic rings. The largest absolute Gasteiger partial charge is 0.351 e. The number of rotatable bonds is 7. The van der Waals surface area contributed by atoms with Gasteiger partial charge in [0.15, 0.2) is 0 Å². The molecule has 6 rings (SSSR count). The summed E-state index contributed by atoms with van der Waals surface area (Å²) in [5.41, 5.74) is 3.71. The lowest BCUT2D eigenvalue weighted by Crippen LogP contribution is -2.52. The Morgan fingerprint density at radius 2 is 1.51 bits per heavy atom. The van der Waals surface area contributed by atoms with E-state index < -0.39 is 11.3 Å². The van der Waals surface area contributed by atoms with Crippen LogP contribution in [-0.2, 0) is 16.1 Å². The van der Waals surface area contributed by atoms with Gasteiger partial charge in [-0.3, -0.25) is 14.4 Å². The number of anilines is 1. The molecule has 41 heavy (non-hydrogen) atoms. The molecule has 3 amide bonds. The highest BCUT2D eigenvalue weighted by Crippen LogP contribution is 2.45. The molecule has 1 aliphatic heterocycles. The van der Waals surface area contributed by atoms with E-state index in [1.54, 1.807) is 6.07 Å². The Morgan fingerprint density at radius 1 is 0.829 bits per heavy atom. The topological polar surface area (TPSA) is 94.3 Å². The fraction of sp³-hybridized carbons (Fsp3) is 0.121. The first-order valence-corrected chi connectivity index (χ1v) is 14.3. The number of nitrogens with one attached hydrogen (secondary N) is 3. The first-order chi connectivity index (χ1) is 20.1. The lowest BCUT2D eigenvalue weighted by atomic mass is 10.0. The average molecular weight is 561 g/mol. The molecule has 0 fully saturated rings. The van der Waals surface area contributed by atoms with E-state index >= 15 is 0 Å². The van der Waals surface area contributed by atoms with Crippen LogP contribution in [0.2, 0.25) is 0 Å². The molecule has 3 N–H and O–H groups in total. The zero-order valence-corrected chi connectivity index (χ0v) is 22.9. The van der Waals surface area contributed by atoms with Gasteiger partial charge in [0.2, 0.25) is 5.91 Å². The molecule has 0 unspecified atom stereocenters. The third-order valence-electron chi connectivity index (χ3n) is 7.07. The van der Waals surface area contributed by atoms with E-state index in [0.717, 1.165) is 26.9 Å². The maximum atomic E-state index is 14.3. The van der Waals surface area contributed by atoms with Gasteiger partial charge in [0.1, 0.15) is 18.3 Å². The highest BCUT2D eigenvalue weighted by Gasteiger charge is 2.40. The van der Waals surface area contributed by atoms with Gasteiger partial charge in [-0.05, 0) is 35.4 Å². The van der Waals surface area contributed by atoms with Crippen LogP contribution in [0.25, 0.3) is 10.9 Å². The van der Waals surface area contributed by atoms with Crippen molar-refractivity contribution in [3.63, 3.8) is 0 Å². The van der Waals surface area contributed by atoms with Crippen LogP contribution in [0.1, 0.15) is 26.9 Å². The number of H-pyrrole nitrogens is 1. The summed E-state index contributed by atoms with van der Waals surface area (Å²) in [5, 5.41) is 6.43. The second kappa shape index (κ2) is 11.7. The number of nitrogens with zero attached hydrogens (tertiary/aromatic N) is 1. The van der Waals surface area contributed by atoms with Crippen molar-refractivity contribution in [1.82, 2.24) is 15.6 Å². The Morgan fingerprint density at radius 3 is 2.29 bits per heavy atom. The number of aromatic amines is 1. The molecular formula is C33H28N4O3S. The van der Waals surface area contributed by atoms with Gasteiger partial charge >= 0.3 is 0 Å². The van der Waals surface area contributed by atoms with Crippen LogP contribution >= 0.6 is 11.8 Å². The molecule has 2 atom stereocenters. The van der Waals surface area contributed by atoms with Crippen molar-refractivity contribution in [1.29, 1.82) is 0 Å². The monoisotopic (exact) mass is 560 g/mol. The quantitative estimate of drug-likeness (QED) is 0.246. The van der Waals surface area contributed by atoms with E-state index in [4.69, 9.17) is 0 Å². The predicted molar refractivity (Wildman–Crippen MR) is 162 cm³/mol. The molecule has 1 aliphatic rings.